The molecule has 2 aromatic carbocycles. The Labute approximate surface area is 173 Å². The van der Waals surface area contributed by atoms with E-state index >= 15 is 0 Å². The number of amides is 1. The minimum absolute atomic E-state index is 0.188. The minimum Gasteiger partial charge on any atom is -0.310 e. The molecule has 0 fully saturated rings. The zero-order chi connectivity index (χ0) is 22.3. The van der Waals surface area contributed by atoms with Crippen molar-refractivity contribution in [2.24, 2.45) is 7.05 Å². The van der Waals surface area contributed by atoms with Crippen LogP contribution in [-0.4, -0.2) is 32.9 Å². The van der Waals surface area contributed by atoms with Crippen molar-refractivity contribution in [3.05, 3.63) is 76.3 Å². The first-order chi connectivity index (χ1) is 14.7. The maximum atomic E-state index is 12.9. The van der Waals surface area contributed by atoms with Crippen molar-refractivity contribution in [1.82, 2.24) is 20.0 Å². The van der Waals surface area contributed by atoms with E-state index in [9.17, 15) is 22.8 Å². The van der Waals surface area contributed by atoms with E-state index in [2.05, 4.69) is 15.3 Å². The average molecular weight is 427 g/mol. The van der Waals surface area contributed by atoms with Gasteiger partial charge in [-0.2, -0.15) is 23.4 Å². The summed E-state index contributed by atoms with van der Waals surface area (Å²) in [6, 6.07) is 14.5. The normalized spacial score (nSPS) is 11.6. The lowest BCUT2D eigenvalue weighted by molar-refractivity contribution is -0.141. The summed E-state index contributed by atoms with van der Waals surface area (Å²) in [5.74, 6) is -0.633. The number of H-pyrrole nitrogens is 1. The fraction of sp³-hybridized carbons (Fsp3) is 0.143. The minimum atomic E-state index is -4.64. The Morgan fingerprint density at radius 1 is 1.06 bits per heavy atom. The third-order valence-corrected chi connectivity index (χ3v) is 4.92. The van der Waals surface area contributed by atoms with Crippen molar-refractivity contribution in [2.75, 3.05) is 11.9 Å². The van der Waals surface area contributed by atoms with Gasteiger partial charge in [0.25, 0.3) is 11.5 Å². The Balaban J connectivity index is 1.65. The number of nitrogens with zero attached hydrogens (tertiary/aromatic N) is 4. The molecule has 10 heteroatoms. The maximum absolute atomic E-state index is 12.9. The number of hydrogen-bond donors (Lipinski definition) is 1. The number of aryl methyl sites for hydroxylation is 1. The van der Waals surface area contributed by atoms with Gasteiger partial charge in [0.1, 0.15) is 5.69 Å². The third-order valence-electron chi connectivity index (χ3n) is 4.92. The molecule has 7 nitrogen and oxygen atoms in total. The number of halogens is 3. The van der Waals surface area contributed by atoms with Gasteiger partial charge in [0.05, 0.1) is 11.1 Å². The smallest absolute Gasteiger partial charge is 0.310 e. The van der Waals surface area contributed by atoms with Gasteiger partial charge < -0.3 is 4.90 Å². The van der Waals surface area contributed by atoms with E-state index in [-0.39, 0.29) is 11.3 Å². The molecule has 0 atom stereocenters. The number of fused-ring (bicyclic) bond motifs is 1. The molecular formula is C21H16F3N5O2. The molecule has 31 heavy (non-hydrogen) atoms. The number of carbonyl (C=O) groups excluding carboxylic acids is 1. The average Bonchev–Trinajstić information content (AvgIpc) is 3.15. The van der Waals surface area contributed by atoms with Crippen molar-refractivity contribution < 1.29 is 18.0 Å². The molecule has 4 aromatic rings. The first-order valence-electron chi connectivity index (χ1n) is 9.14. The second-order valence-electron chi connectivity index (χ2n) is 6.89. The summed E-state index contributed by atoms with van der Waals surface area (Å²) < 4.78 is 39.6. The van der Waals surface area contributed by atoms with Crippen LogP contribution in [0.15, 0.2) is 59.4 Å². The molecule has 2 heterocycles. The highest BCUT2D eigenvalue weighted by atomic mass is 19.4. The van der Waals surface area contributed by atoms with Crippen LogP contribution in [0, 0.1) is 0 Å². The van der Waals surface area contributed by atoms with Crippen molar-refractivity contribution in [3.63, 3.8) is 0 Å². The summed E-state index contributed by atoms with van der Waals surface area (Å²) in [4.78, 5) is 25.9. The van der Waals surface area contributed by atoms with Crippen LogP contribution in [0.3, 0.4) is 0 Å². The molecule has 0 unspecified atom stereocenters. The van der Waals surface area contributed by atoms with E-state index < -0.39 is 17.8 Å². The van der Waals surface area contributed by atoms with Gasteiger partial charge in [-0.15, -0.1) is 0 Å². The van der Waals surface area contributed by atoms with Crippen molar-refractivity contribution in [2.45, 2.75) is 6.18 Å². The number of nitrogens with one attached hydrogen (secondary N) is 1. The van der Waals surface area contributed by atoms with E-state index in [0.29, 0.717) is 27.7 Å². The second kappa shape index (κ2) is 7.38. The van der Waals surface area contributed by atoms with Gasteiger partial charge in [-0.25, -0.2) is 5.10 Å². The molecule has 0 aliphatic heterocycles. The summed E-state index contributed by atoms with van der Waals surface area (Å²) in [6.07, 6.45) is -4.64. The molecule has 0 spiro atoms. The zero-order valence-electron chi connectivity index (χ0n) is 16.4. The fourth-order valence-electron chi connectivity index (χ4n) is 3.27. The maximum Gasteiger partial charge on any atom is 0.435 e. The molecule has 4 rings (SSSR count). The number of carbonyl (C=O) groups is 1. The monoisotopic (exact) mass is 427 g/mol. The highest BCUT2D eigenvalue weighted by Gasteiger charge is 2.35. The summed E-state index contributed by atoms with van der Waals surface area (Å²) in [6.45, 7) is 0. The molecule has 158 valence electrons. The molecule has 0 aliphatic rings. The van der Waals surface area contributed by atoms with Gasteiger partial charge in [-0.1, -0.05) is 30.3 Å². The van der Waals surface area contributed by atoms with E-state index in [4.69, 9.17) is 0 Å². The fourth-order valence-corrected chi connectivity index (χ4v) is 3.27. The van der Waals surface area contributed by atoms with Crippen molar-refractivity contribution in [1.29, 1.82) is 0 Å². The van der Waals surface area contributed by atoms with E-state index in [1.54, 1.807) is 48.5 Å². The summed E-state index contributed by atoms with van der Waals surface area (Å²) in [7, 11) is 2.75. The Morgan fingerprint density at radius 3 is 2.32 bits per heavy atom. The molecule has 1 amide bonds. The van der Waals surface area contributed by atoms with Crippen LogP contribution in [0.4, 0.5) is 18.9 Å². The zero-order valence-corrected chi connectivity index (χ0v) is 16.4. The Bertz CT molecular complexity index is 1340. The standard InChI is InChI=1S/C21H16F3N5O2/c1-28(20(31)16-11-17(21(22,23)24)27-29(16)2)13-9-7-12(8-10-13)18-14-5-3-4-6-15(14)19(30)26-25-18/h3-11H,1-2H3,(H,26,30). The van der Waals surface area contributed by atoms with E-state index in [0.717, 1.165) is 10.7 Å². The number of rotatable bonds is 3. The topological polar surface area (TPSA) is 83.9 Å². The molecule has 0 saturated carbocycles. The van der Waals surface area contributed by atoms with Crippen LogP contribution < -0.4 is 10.5 Å². The lowest BCUT2D eigenvalue weighted by atomic mass is 10.0. The van der Waals surface area contributed by atoms with Crippen LogP contribution in [0.25, 0.3) is 22.0 Å². The van der Waals surface area contributed by atoms with E-state index in [1.165, 1.54) is 19.0 Å². The van der Waals surface area contributed by atoms with Crippen LogP contribution in [0.5, 0.6) is 0 Å². The third kappa shape index (κ3) is 3.67. The molecular weight excluding hydrogens is 411 g/mol. The number of anilines is 1. The predicted octanol–water partition coefficient (Wildman–Crippen LogP) is 3.62. The summed E-state index contributed by atoms with van der Waals surface area (Å²) in [5.41, 5.74) is 0.132. The lowest BCUT2D eigenvalue weighted by Crippen LogP contribution is -2.28. The highest BCUT2D eigenvalue weighted by molar-refractivity contribution is 6.05. The van der Waals surface area contributed by atoms with E-state index in [1.807, 2.05) is 0 Å². The molecule has 0 radical (unpaired) electrons. The van der Waals surface area contributed by atoms with Gasteiger partial charge in [0, 0.05) is 36.8 Å². The van der Waals surface area contributed by atoms with Gasteiger partial charge in [-0.05, 0) is 18.2 Å². The number of alkyl halides is 3. The van der Waals surface area contributed by atoms with Gasteiger partial charge in [0.2, 0.25) is 0 Å². The Kier molecular flexibility index (Phi) is 4.84. The number of aromatic nitrogens is 4. The largest absolute Gasteiger partial charge is 0.435 e. The highest BCUT2D eigenvalue weighted by Crippen LogP contribution is 2.30. The number of hydrogen-bond acceptors (Lipinski definition) is 4. The number of benzene rings is 2. The molecule has 0 aliphatic carbocycles. The van der Waals surface area contributed by atoms with Crippen LogP contribution >= 0.6 is 0 Å². The first-order valence-corrected chi connectivity index (χ1v) is 9.14. The van der Waals surface area contributed by atoms with Crippen LogP contribution in [0.2, 0.25) is 0 Å². The van der Waals surface area contributed by atoms with Gasteiger partial charge in [-0.3, -0.25) is 14.3 Å². The van der Waals surface area contributed by atoms with Gasteiger partial charge in [0.15, 0.2) is 5.69 Å². The SMILES string of the molecule is CN(C(=O)c1cc(C(F)(F)F)nn1C)c1ccc(-c2n[nH]c(=O)c3ccccc23)cc1. The van der Waals surface area contributed by atoms with Gasteiger partial charge >= 0.3 is 6.18 Å². The summed E-state index contributed by atoms with van der Waals surface area (Å²) >= 11 is 0. The molecule has 2 aromatic heterocycles. The quantitative estimate of drug-likeness (QED) is 0.541. The molecule has 1 N–H and O–H groups in total. The lowest BCUT2D eigenvalue weighted by Gasteiger charge is -2.17. The number of aromatic amines is 1. The van der Waals surface area contributed by atoms with Crippen molar-refractivity contribution in [3.8, 4) is 11.3 Å². The Morgan fingerprint density at radius 2 is 1.71 bits per heavy atom. The predicted molar refractivity (Wildman–Crippen MR) is 109 cm³/mol. The first kappa shape index (κ1) is 20.3. The molecule has 0 bridgehead atoms. The van der Waals surface area contributed by atoms with Crippen LogP contribution in [-0.2, 0) is 13.2 Å². The molecule has 0 saturated heterocycles. The van der Waals surface area contributed by atoms with Crippen LogP contribution in [0.1, 0.15) is 16.2 Å². The second-order valence-corrected chi connectivity index (χ2v) is 6.89. The Hall–Kier alpha value is -3.95. The summed E-state index contributed by atoms with van der Waals surface area (Å²) in [5, 5.41) is 11.2. The van der Waals surface area contributed by atoms with Crippen molar-refractivity contribution >= 4 is 22.4 Å².